The molecule has 0 unspecified atom stereocenters. The standard InChI is InChI=1S/C27H18ClN5O2/c28-21-10-12-22(13-11-21)34-16-18-5-7-19(8-6-18)27-31-26(32-35-27)20-9-14-25(29-15-20)33-17-30-23-3-1-2-4-24(23)33/h1-15,17H,16H2. The van der Waals surface area contributed by atoms with Gasteiger partial charge in [-0.15, -0.1) is 0 Å². The van der Waals surface area contributed by atoms with Crippen molar-refractivity contribution in [2.45, 2.75) is 6.61 Å². The molecule has 0 spiro atoms. The van der Waals surface area contributed by atoms with Crippen molar-refractivity contribution in [1.82, 2.24) is 24.7 Å². The monoisotopic (exact) mass is 479 g/mol. The van der Waals surface area contributed by atoms with Gasteiger partial charge in [-0.3, -0.25) is 4.57 Å². The van der Waals surface area contributed by atoms with Gasteiger partial charge in [0.1, 0.15) is 24.5 Å². The predicted molar refractivity (Wildman–Crippen MR) is 133 cm³/mol. The van der Waals surface area contributed by atoms with Gasteiger partial charge < -0.3 is 9.26 Å². The van der Waals surface area contributed by atoms with E-state index >= 15 is 0 Å². The Kier molecular flexibility index (Phi) is 5.44. The van der Waals surface area contributed by atoms with E-state index in [-0.39, 0.29) is 0 Å². The lowest BCUT2D eigenvalue weighted by molar-refractivity contribution is 0.306. The second kappa shape index (κ2) is 9.04. The summed E-state index contributed by atoms with van der Waals surface area (Å²) in [6.45, 7) is 0.446. The lowest BCUT2D eigenvalue weighted by Crippen LogP contribution is -1.96. The molecule has 0 amide bonds. The fraction of sp³-hybridized carbons (Fsp3) is 0.0370. The molecule has 7 nitrogen and oxygen atoms in total. The predicted octanol–water partition coefficient (Wildman–Crippen LogP) is 6.37. The minimum absolute atomic E-state index is 0.440. The van der Waals surface area contributed by atoms with Crippen molar-refractivity contribution >= 4 is 22.6 Å². The van der Waals surface area contributed by atoms with E-state index in [1.165, 1.54) is 0 Å². The largest absolute Gasteiger partial charge is 0.489 e. The van der Waals surface area contributed by atoms with Crippen LogP contribution < -0.4 is 4.74 Å². The highest BCUT2D eigenvalue weighted by atomic mass is 35.5. The van der Waals surface area contributed by atoms with Crippen molar-refractivity contribution in [3.05, 3.63) is 108 Å². The highest BCUT2D eigenvalue weighted by Gasteiger charge is 2.12. The van der Waals surface area contributed by atoms with Gasteiger partial charge in [0.2, 0.25) is 5.82 Å². The maximum atomic E-state index is 5.91. The molecule has 0 saturated carbocycles. The van der Waals surface area contributed by atoms with E-state index in [1.54, 1.807) is 24.7 Å². The van der Waals surface area contributed by atoms with Crippen LogP contribution in [0.4, 0.5) is 0 Å². The van der Waals surface area contributed by atoms with Gasteiger partial charge in [-0.1, -0.05) is 41.0 Å². The molecule has 170 valence electrons. The molecule has 0 atom stereocenters. The molecule has 0 radical (unpaired) electrons. The van der Waals surface area contributed by atoms with Gasteiger partial charge in [-0.25, -0.2) is 9.97 Å². The fourth-order valence-electron chi connectivity index (χ4n) is 3.70. The third-order valence-electron chi connectivity index (χ3n) is 5.55. The Bertz CT molecular complexity index is 1590. The number of rotatable bonds is 6. The van der Waals surface area contributed by atoms with Gasteiger partial charge in [-0.05, 0) is 66.2 Å². The van der Waals surface area contributed by atoms with Gasteiger partial charge in [0.15, 0.2) is 0 Å². The van der Waals surface area contributed by atoms with Crippen LogP contribution in [0.15, 0.2) is 102 Å². The lowest BCUT2D eigenvalue weighted by atomic mass is 10.1. The van der Waals surface area contributed by atoms with E-state index in [9.17, 15) is 0 Å². The Labute approximate surface area is 205 Å². The molecule has 0 aliphatic heterocycles. The van der Waals surface area contributed by atoms with E-state index in [2.05, 4.69) is 20.1 Å². The van der Waals surface area contributed by atoms with Crippen LogP contribution >= 0.6 is 11.6 Å². The van der Waals surface area contributed by atoms with Crippen LogP contribution in [0.3, 0.4) is 0 Å². The number of ether oxygens (including phenoxy) is 1. The van der Waals surface area contributed by atoms with Crippen LogP contribution in [0, 0.1) is 0 Å². The van der Waals surface area contributed by atoms with Gasteiger partial charge >= 0.3 is 0 Å². The molecule has 0 N–H and O–H groups in total. The number of halogens is 1. The number of nitrogens with zero attached hydrogens (tertiary/aromatic N) is 5. The SMILES string of the molecule is Clc1ccc(OCc2ccc(-c3nc(-c4ccc(-n5cnc6ccccc65)nc4)no3)cc2)cc1. The summed E-state index contributed by atoms with van der Waals surface area (Å²) < 4.78 is 13.2. The molecule has 0 aliphatic rings. The van der Waals surface area contributed by atoms with E-state index in [1.807, 2.05) is 77.4 Å². The van der Waals surface area contributed by atoms with E-state index in [4.69, 9.17) is 20.9 Å². The Hall–Kier alpha value is -4.49. The number of pyridine rings is 1. The summed E-state index contributed by atoms with van der Waals surface area (Å²) in [4.78, 5) is 13.5. The second-order valence-corrected chi connectivity index (χ2v) is 8.31. The zero-order valence-electron chi connectivity index (χ0n) is 18.4. The van der Waals surface area contributed by atoms with Gasteiger partial charge in [0.05, 0.1) is 11.0 Å². The maximum Gasteiger partial charge on any atom is 0.258 e. The number of benzene rings is 3. The minimum Gasteiger partial charge on any atom is -0.489 e. The molecule has 0 aliphatic carbocycles. The van der Waals surface area contributed by atoms with E-state index in [0.717, 1.165) is 39.3 Å². The number of aromatic nitrogens is 5. The van der Waals surface area contributed by atoms with Crippen LogP contribution in [-0.4, -0.2) is 24.7 Å². The Morgan fingerprint density at radius 2 is 1.63 bits per heavy atom. The van der Waals surface area contributed by atoms with Crippen molar-refractivity contribution in [1.29, 1.82) is 0 Å². The topological polar surface area (TPSA) is 78.9 Å². The van der Waals surface area contributed by atoms with Gasteiger partial charge in [0, 0.05) is 22.3 Å². The first-order valence-corrected chi connectivity index (χ1v) is 11.3. The van der Waals surface area contributed by atoms with Crippen LogP contribution in [0.25, 0.3) is 39.7 Å². The molecule has 6 rings (SSSR count). The zero-order valence-corrected chi connectivity index (χ0v) is 19.1. The van der Waals surface area contributed by atoms with E-state index in [0.29, 0.717) is 23.3 Å². The molecule has 8 heteroatoms. The number of hydrogen-bond acceptors (Lipinski definition) is 6. The maximum absolute atomic E-state index is 5.91. The molecule has 6 aromatic rings. The van der Waals surface area contributed by atoms with Crippen LogP contribution in [-0.2, 0) is 6.61 Å². The summed E-state index contributed by atoms with van der Waals surface area (Å²) >= 11 is 5.91. The third-order valence-corrected chi connectivity index (χ3v) is 5.80. The highest BCUT2D eigenvalue weighted by molar-refractivity contribution is 6.30. The highest BCUT2D eigenvalue weighted by Crippen LogP contribution is 2.24. The summed E-state index contributed by atoms with van der Waals surface area (Å²) in [5.41, 5.74) is 4.53. The average Bonchev–Trinajstić information content (AvgIpc) is 3.57. The Morgan fingerprint density at radius 1 is 0.829 bits per heavy atom. The summed E-state index contributed by atoms with van der Waals surface area (Å²) in [5.74, 6) is 2.45. The smallest absolute Gasteiger partial charge is 0.258 e. The summed E-state index contributed by atoms with van der Waals surface area (Å²) in [6, 6.07) is 26.9. The first-order valence-electron chi connectivity index (χ1n) is 10.9. The molecule has 0 fully saturated rings. The zero-order chi connectivity index (χ0) is 23.6. The molecule has 0 bridgehead atoms. The molecule has 3 aromatic heterocycles. The Balaban J connectivity index is 1.16. The van der Waals surface area contributed by atoms with E-state index < -0.39 is 0 Å². The first-order chi connectivity index (χ1) is 17.2. The van der Waals surface area contributed by atoms with Crippen LogP contribution in [0.2, 0.25) is 5.02 Å². The number of fused-ring (bicyclic) bond motifs is 1. The normalized spacial score (nSPS) is 11.1. The third kappa shape index (κ3) is 4.37. The number of imidazole rings is 1. The van der Waals surface area contributed by atoms with Gasteiger partial charge in [0.25, 0.3) is 5.89 Å². The summed E-state index contributed by atoms with van der Waals surface area (Å²) in [7, 11) is 0. The molecule has 35 heavy (non-hydrogen) atoms. The number of para-hydroxylation sites is 2. The Morgan fingerprint density at radius 3 is 2.43 bits per heavy atom. The van der Waals surface area contributed by atoms with Crippen LogP contribution in [0.1, 0.15) is 5.56 Å². The fourth-order valence-corrected chi connectivity index (χ4v) is 3.83. The summed E-state index contributed by atoms with van der Waals surface area (Å²) in [5, 5.41) is 4.81. The number of hydrogen-bond donors (Lipinski definition) is 0. The van der Waals surface area contributed by atoms with Crippen molar-refractivity contribution in [3.63, 3.8) is 0 Å². The second-order valence-electron chi connectivity index (χ2n) is 7.87. The average molecular weight is 480 g/mol. The van der Waals surface area contributed by atoms with Crippen molar-refractivity contribution in [2.24, 2.45) is 0 Å². The lowest BCUT2D eigenvalue weighted by Gasteiger charge is -2.06. The van der Waals surface area contributed by atoms with Crippen LogP contribution in [0.5, 0.6) is 5.75 Å². The molecule has 3 heterocycles. The summed E-state index contributed by atoms with van der Waals surface area (Å²) in [6.07, 6.45) is 3.50. The molecular weight excluding hydrogens is 462 g/mol. The quantitative estimate of drug-likeness (QED) is 0.276. The molecule has 3 aromatic carbocycles. The molecule has 0 saturated heterocycles. The van der Waals surface area contributed by atoms with Crippen molar-refractivity contribution in [3.8, 4) is 34.4 Å². The van der Waals surface area contributed by atoms with Crippen molar-refractivity contribution < 1.29 is 9.26 Å². The molecular formula is C27H18ClN5O2. The van der Waals surface area contributed by atoms with Crippen molar-refractivity contribution in [2.75, 3.05) is 0 Å². The minimum atomic E-state index is 0.440. The van der Waals surface area contributed by atoms with Gasteiger partial charge in [-0.2, -0.15) is 4.98 Å². The first kappa shape index (κ1) is 21.1.